The number of rotatable bonds is 8. The molecule has 2 aromatic carbocycles. The van der Waals surface area contributed by atoms with Crippen molar-refractivity contribution in [2.24, 2.45) is 0 Å². The summed E-state index contributed by atoms with van der Waals surface area (Å²) in [4.78, 5) is 12.1. The molecule has 0 amide bonds. The zero-order valence-electron chi connectivity index (χ0n) is 14.5. The van der Waals surface area contributed by atoms with Gasteiger partial charge >= 0.3 is 0 Å². The Morgan fingerprint density at radius 2 is 1.04 bits per heavy atom. The lowest BCUT2D eigenvalue weighted by Crippen LogP contribution is -2.01. The Bertz CT molecular complexity index is 774. The number of aromatic hydroxyl groups is 2. The Labute approximate surface area is 193 Å². The minimum atomic E-state index is -0.119. The fourth-order valence-corrected chi connectivity index (χ4v) is 4.26. The SMILES string of the molecule is O=C(CCCc1c(O)c(Cl)cc(Cl)c1Cl)CCCc1c(O)c(Cl)cc(Cl)c1Cl. The number of halogens is 6. The topological polar surface area (TPSA) is 57.5 Å². The zero-order valence-corrected chi connectivity index (χ0v) is 19.0. The summed E-state index contributed by atoms with van der Waals surface area (Å²) >= 11 is 35.9. The molecule has 28 heavy (non-hydrogen) atoms. The summed E-state index contributed by atoms with van der Waals surface area (Å²) in [6.07, 6.45) is 2.31. The Balaban J connectivity index is 1.87. The van der Waals surface area contributed by atoms with Gasteiger partial charge in [0.15, 0.2) is 0 Å². The van der Waals surface area contributed by atoms with Crippen molar-refractivity contribution in [3.63, 3.8) is 0 Å². The van der Waals surface area contributed by atoms with Gasteiger partial charge in [-0.3, -0.25) is 4.79 Å². The summed E-state index contributed by atoms with van der Waals surface area (Å²) in [5, 5.41) is 21.2. The number of phenols is 2. The first-order valence-corrected chi connectivity index (χ1v) is 10.6. The molecule has 0 fully saturated rings. The average Bonchev–Trinajstić information content (AvgIpc) is 2.64. The Morgan fingerprint density at radius 1 is 0.679 bits per heavy atom. The van der Waals surface area contributed by atoms with Crippen molar-refractivity contribution in [1.29, 1.82) is 0 Å². The third kappa shape index (κ3) is 5.75. The van der Waals surface area contributed by atoms with E-state index in [1.54, 1.807) is 0 Å². The molecule has 0 atom stereocenters. The Hall–Kier alpha value is -0.550. The van der Waals surface area contributed by atoms with Crippen molar-refractivity contribution in [1.82, 2.24) is 0 Å². The largest absolute Gasteiger partial charge is 0.506 e. The monoisotopic (exact) mass is 502 g/mol. The molecule has 0 spiro atoms. The molecule has 0 heterocycles. The van der Waals surface area contributed by atoms with Gasteiger partial charge in [-0.25, -0.2) is 0 Å². The first kappa shape index (κ1) is 23.7. The highest BCUT2D eigenvalue weighted by atomic mass is 35.5. The van der Waals surface area contributed by atoms with Crippen LogP contribution in [0, 0.1) is 0 Å². The second-order valence-electron chi connectivity index (χ2n) is 6.21. The van der Waals surface area contributed by atoms with Crippen molar-refractivity contribution >= 4 is 75.4 Å². The quantitative estimate of drug-likeness (QED) is 0.359. The minimum absolute atomic E-state index is 0.0347. The van der Waals surface area contributed by atoms with Gasteiger partial charge in [0.25, 0.3) is 0 Å². The average molecular weight is 505 g/mol. The number of carbonyl (C=O) groups excluding carboxylic acids is 1. The maximum Gasteiger partial charge on any atom is 0.138 e. The van der Waals surface area contributed by atoms with Crippen LogP contribution < -0.4 is 0 Å². The Kier molecular flexibility index (Phi) is 8.87. The van der Waals surface area contributed by atoms with Gasteiger partial charge in [0.05, 0.1) is 30.1 Å². The van der Waals surface area contributed by atoms with Gasteiger partial charge < -0.3 is 10.2 Å². The number of phenolic OH excluding ortho intramolecular Hbond substituents is 2. The van der Waals surface area contributed by atoms with E-state index < -0.39 is 0 Å². The molecule has 0 bridgehead atoms. The van der Waals surface area contributed by atoms with E-state index in [0.717, 1.165) is 0 Å². The summed E-state index contributed by atoms with van der Waals surface area (Å²) in [5.74, 6) is -0.203. The highest BCUT2D eigenvalue weighted by Gasteiger charge is 2.16. The Morgan fingerprint density at radius 3 is 1.39 bits per heavy atom. The maximum absolute atomic E-state index is 12.1. The number of ketones is 1. The van der Waals surface area contributed by atoms with Crippen LogP contribution in [0.2, 0.25) is 30.1 Å². The predicted octanol–water partition coefficient (Wildman–Crippen LogP) is 7.93. The molecule has 0 saturated carbocycles. The van der Waals surface area contributed by atoms with Crippen molar-refractivity contribution < 1.29 is 15.0 Å². The third-order valence-corrected chi connectivity index (χ3v) is 6.47. The fraction of sp³-hybridized carbons (Fsp3) is 0.316. The molecule has 2 N–H and O–H groups in total. The smallest absolute Gasteiger partial charge is 0.138 e. The van der Waals surface area contributed by atoms with Gasteiger partial charge in [-0.05, 0) is 37.8 Å². The van der Waals surface area contributed by atoms with E-state index in [9.17, 15) is 15.0 Å². The van der Waals surface area contributed by atoms with E-state index >= 15 is 0 Å². The maximum atomic E-state index is 12.1. The van der Waals surface area contributed by atoms with Crippen LogP contribution in [-0.2, 0) is 17.6 Å². The molecule has 0 radical (unpaired) electrons. The first-order chi connectivity index (χ1) is 13.1. The normalized spacial score (nSPS) is 11.1. The van der Waals surface area contributed by atoms with E-state index in [0.29, 0.717) is 49.7 Å². The first-order valence-electron chi connectivity index (χ1n) is 8.35. The van der Waals surface area contributed by atoms with Crippen molar-refractivity contribution in [2.75, 3.05) is 0 Å². The molecule has 0 aromatic heterocycles. The van der Waals surface area contributed by atoms with Gasteiger partial charge in [0, 0.05) is 24.0 Å². The second-order valence-corrected chi connectivity index (χ2v) is 8.59. The van der Waals surface area contributed by atoms with Crippen LogP contribution in [0.15, 0.2) is 12.1 Å². The van der Waals surface area contributed by atoms with Crippen LogP contribution in [0.1, 0.15) is 36.8 Å². The third-order valence-electron chi connectivity index (χ3n) is 4.25. The molecule has 0 aliphatic heterocycles. The summed E-state index contributed by atoms with van der Waals surface area (Å²) in [6, 6.07) is 2.75. The number of benzene rings is 2. The molecule has 0 aliphatic carbocycles. The van der Waals surface area contributed by atoms with Gasteiger partial charge in [-0.15, -0.1) is 0 Å². The number of hydrogen-bond donors (Lipinski definition) is 2. The molecule has 3 nitrogen and oxygen atoms in total. The highest BCUT2D eigenvalue weighted by Crippen LogP contribution is 2.40. The molecule has 2 rings (SSSR count). The molecule has 2 aromatic rings. The van der Waals surface area contributed by atoms with Gasteiger partial charge in [-0.2, -0.15) is 0 Å². The standard InChI is InChI=1S/C19H16Cl6O3/c20-12-7-14(22)18(27)10(16(12)24)5-1-3-9(26)4-2-6-11-17(25)13(21)8-15(23)19(11)28/h7-8,27-28H,1-6H2. The van der Waals surface area contributed by atoms with E-state index in [1.165, 1.54) is 12.1 Å². The van der Waals surface area contributed by atoms with E-state index in [2.05, 4.69) is 0 Å². The summed E-state index contributed by atoms with van der Waals surface area (Å²) in [6.45, 7) is 0. The van der Waals surface area contributed by atoms with Crippen LogP contribution >= 0.6 is 69.6 Å². The lowest BCUT2D eigenvalue weighted by atomic mass is 10.0. The van der Waals surface area contributed by atoms with Gasteiger partial charge in [0.1, 0.15) is 17.3 Å². The van der Waals surface area contributed by atoms with Gasteiger partial charge in [0.2, 0.25) is 0 Å². The fourth-order valence-electron chi connectivity index (χ4n) is 2.78. The molecule has 9 heteroatoms. The molecule has 0 saturated heterocycles. The molecule has 0 unspecified atom stereocenters. The lowest BCUT2D eigenvalue weighted by molar-refractivity contribution is -0.119. The van der Waals surface area contributed by atoms with Crippen molar-refractivity contribution in [2.45, 2.75) is 38.5 Å². The van der Waals surface area contributed by atoms with Crippen LogP contribution in [-0.4, -0.2) is 16.0 Å². The molecule has 152 valence electrons. The second kappa shape index (κ2) is 10.5. The van der Waals surface area contributed by atoms with E-state index in [4.69, 9.17) is 69.6 Å². The summed E-state index contributed by atoms with van der Waals surface area (Å²) < 4.78 is 0. The van der Waals surface area contributed by atoms with Crippen LogP contribution in [0.5, 0.6) is 11.5 Å². The van der Waals surface area contributed by atoms with E-state index in [-0.39, 0.29) is 47.4 Å². The zero-order chi connectivity index (χ0) is 21.0. The summed E-state index contributed by atoms with van der Waals surface area (Å²) in [7, 11) is 0. The van der Waals surface area contributed by atoms with E-state index in [1.807, 2.05) is 0 Å². The summed E-state index contributed by atoms with van der Waals surface area (Å²) in [5.41, 5.74) is 0.856. The molecule has 0 aliphatic rings. The van der Waals surface area contributed by atoms with Crippen molar-refractivity contribution in [3.8, 4) is 11.5 Å². The number of hydrogen-bond acceptors (Lipinski definition) is 3. The minimum Gasteiger partial charge on any atom is -0.506 e. The highest BCUT2D eigenvalue weighted by molar-refractivity contribution is 6.44. The van der Waals surface area contributed by atoms with Crippen LogP contribution in [0.4, 0.5) is 0 Å². The van der Waals surface area contributed by atoms with Crippen molar-refractivity contribution in [3.05, 3.63) is 53.4 Å². The van der Waals surface area contributed by atoms with Crippen LogP contribution in [0.3, 0.4) is 0 Å². The number of carbonyl (C=O) groups is 1. The predicted molar refractivity (Wildman–Crippen MR) is 117 cm³/mol. The number of Topliss-reactive ketones (excluding diaryl/α,β-unsaturated/α-hetero) is 1. The molecular formula is C19H16Cl6O3. The van der Waals surface area contributed by atoms with Gasteiger partial charge in [-0.1, -0.05) is 69.6 Å². The van der Waals surface area contributed by atoms with Crippen LogP contribution in [0.25, 0.3) is 0 Å². The molecular weight excluding hydrogens is 489 g/mol. The lowest BCUT2D eigenvalue weighted by Gasteiger charge is -2.11.